The molecule has 2 rings (SSSR count). The topological polar surface area (TPSA) is 34.9 Å². The van der Waals surface area contributed by atoms with Gasteiger partial charge in [0, 0.05) is 26.9 Å². The van der Waals surface area contributed by atoms with Crippen LogP contribution in [0, 0.1) is 10.5 Å². The van der Waals surface area contributed by atoms with Crippen LogP contribution in [0.5, 0.6) is 0 Å². The summed E-state index contributed by atoms with van der Waals surface area (Å²) in [5.74, 6) is 0.0139. The molecule has 1 aromatic carbocycles. The molecule has 1 heterocycles. The number of carbonyl (C=O) groups is 1. The van der Waals surface area contributed by atoms with Crippen molar-refractivity contribution in [2.75, 3.05) is 0 Å². The zero-order valence-electron chi connectivity index (χ0n) is 10.9. The van der Waals surface area contributed by atoms with Crippen LogP contribution >= 0.6 is 22.6 Å². The SMILES string of the molecule is CCn1ncc(/C=C\C(=O)c2ccc(I)cc2)c1C. The fraction of sp³-hybridized carbons (Fsp3) is 0.200. The first-order chi connectivity index (χ1) is 9.11. The third-order valence-corrected chi connectivity index (χ3v) is 3.70. The van der Waals surface area contributed by atoms with E-state index in [-0.39, 0.29) is 5.78 Å². The lowest BCUT2D eigenvalue weighted by Gasteiger charge is -1.99. The van der Waals surface area contributed by atoms with Crippen molar-refractivity contribution in [3.05, 3.63) is 56.9 Å². The van der Waals surface area contributed by atoms with E-state index in [2.05, 4.69) is 27.7 Å². The molecule has 0 saturated heterocycles. The Bertz CT molecular complexity index is 612. The van der Waals surface area contributed by atoms with Gasteiger partial charge in [-0.1, -0.05) is 12.1 Å². The van der Waals surface area contributed by atoms with Crippen molar-refractivity contribution in [3.63, 3.8) is 0 Å². The van der Waals surface area contributed by atoms with Crippen molar-refractivity contribution >= 4 is 34.5 Å². The lowest BCUT2D eigenvalue weighted by atomic mass is 10.1. The third kappa shape index (κ3) is 3.32. The van der Waals surface area contributed by atoms with Crippen molar-refractivity contribution in [1.82, 2.24) is 9.78 Å². The number of benzene rings is 1. The Morgan fingerprint density at radius 3 is 2.63 bits per heavy atom. The highest BCUT2D eigenvalue weighted by atomic mass is 127. The summed E-state index contributed by atoms with van der Waals surface area (Å²) in [6.07, 6.45) is 5.22. The molecule has 4 heteroatoms. The van der Waals surface area contributed by atoms with Gasteiger partial charge in [0.05, 0.1) is 6.20 Å². The van der Waals surface area contributed by atoms with Crippen LogP contribution in [0.3, 0.4) is 0 Å². The molecule has 0 bridgehead atoms. The molecule has 0 spiro atoms. The van der Waals surface area contributed by atoms with E-state index in [1.165, 1.54) is 0 Å². The van der Waals surface area contributed by atoms with E-state index in [4.69, 9.17) is 0 Å². The summed E-state index contributed by atoms with van der Waals surface area (Å²) in [5.41, 5.74) is 2.77. The molecule has 19 heavy (non-hydrogen) atoms. The van der Waals surface area contributed by atoms with E-state index in [0.29, 0.717) is 5.56 Å². The lowest BCUT2D eigenvalue weighted by molar-refractivity contribution is 0.104. The van der Waals surface area contributed by atoms with E-state index in [9.17, 15) is 4.79 Å². The smallest absolute Gasteiger partial charge is 0.185 e. The van der Waals surface area contributed by atoms with Crippen molar-refractivity contribution < 1.29 is 4.79 Å². The van der Waals surface area contributed by atoms with E-state index < -0.39 is 0 Å². The molecule has 0 N–H and O–H groups in total. The van der Waals surface area contributed by atoms with E-state index in [0.717, 1.165) is 21.4 Å². The number of aromatic nitrogens is 2. The summed E-state index contributed by atoms with van der Waals surface area (Å²) in [6.45, 7) is 4.89. The van der Waals surface area contributed by atoms with Crippen molar-refractivity contribution in [2.24, 2.45) is 0 Å². The molecule has 0 radical (unpaired) electrons. The second kappa shape index (κ2) is 6.14. The standard InChI is InChI=1S/C15H15IN2O/c1-3-18-11(2)13(10-17-18)6-9-15(19)12-4-7-14(16)8-5-12/h4-10H,3H2,1-2H3/b9-6-. The summed E-state index contributed by atoms with van der Waals surface area (Å²) in [5, 5.41) is 4.25. The fourth-order valence-corrected chi connectivity index (χ4v) is 2.18. The highest BCUT2D eigenvalue weighted by Gasteiger charge is 2.04. The summed E-state index contributed by atoms with van der Waals surface area (Å²) < 4.78 is 3.04. The highest BCUT2D eigenvalue weighted by Crippen LogP contribution is 2.11. The van der Waals surface area contributed by atoms with Gasteiger partial charge in [0.2, 0.25) is 0 Å². The zero-order chi connectivity index (χ0) is 13.8. The van der Waals surface area contributed by atoms with Crippen LogP contribution in [-0.2, 0) is 6.54 Å². The van der Waals surface area contributed by atoms with Crippen LogP contribution in [0.25, 0.3) is 6.08 Å². The molecule has 3 nitrogen and oxygen atoms in total. The summed E-state index contributed by atoms with van der Waals surface area (Å²) in [6, 6.07) is 7.55. The predicted octanol–water partition coefficient (Wildman–Crippen LogP) is 3.71. The first-order valence-electron chi connectivity index (χ1n) is 6.12. The number of nitrogens with zero attached hydrogens (tertiary/aromatic N) is 2. The number of ketones is 1. The fourth-order valence-electron chi connectivity index (χ4n) is 1.82. The van der Waals surface area contributed by atoms with E-state index in [1.54, 1.807) is 12.3 Å². The molecule has 0 aliphatic rings. The summed E-state index contributed by atoms with van der Waals surface area (Å²) in [4.78, 5) is 12.0. The van der Waals surface area contributed by atoms with E-state index >= 15 is 0 Å². The first-order valence-corrected chi connectivity index (χ1v) is 7.20. The van der Waals surface area contributed by atoms with Crippen LogP contribution in [0.2, 0.25) is 0 Å². The molecule has 2 aromatic rings. The molecule has 0 atom stereocenters. The number of rotatable bonds is 4. The predicted molar refractivity (Wildman–Crippen MR) is 85.2 cm³/mol. The number of hydrogen-bond donors (Lipinski definition) is 0. The Labute approximate surface area is 126 Å². The minimum Gasteiger partial charge on any atom is -0.289 e. The number of allylic oxidation sites excluding steroid dienone is 1. The van der Waals surface area contributed by atoms with Gasteiger partial charge in [0.15, 0.2) is 5.78 Å². The van der Waals surface area contributed by atoms with Gasteiger partial charge >= 0.3 is 0 Å². The summed E-state index contributed by atoms with van der Waals surface area (Å²) in [7, 11) is 0. The second-order valence-electron chi connectivity index (χ2n) is 4.21. The molecule has 0 aliphatic heterocycles. The zero-order valence-corrected chi connectivity index (χ0v) is 13.1. The average Bonchev–Trinajstić information content (AvgIpc) is 2.77. The maximum atomic E-state index is 12.0. The normalized spacial score (nSPS) is 11.1. The van der Waals surface area contributed by atoms with Crippen LogP contribution in [0.4, 0.5) is 0 Å². The van der Waals surface area contributed by atoms with Crippen LogP contribution in [-0.4, -0.2) is 15.6 Å². The van der Waals surface area contributed by atoms with Crippen LogP contribution in [0.15, 0.2) is 36.5 Å². The van der Waals surface area contributed by atoms with Crippen LogP contribution in [0.1, 0.15) is 28.5 Å². The van der Waals surface area contributed by atoms with Crippen molar-refractivity contribution in [2.45, 2.75) is 20.4 Å². The monoisotopic (exact) mass is 366 g/mol. The molecule has 1 aromatic heterocycles. The first kappa shape index (κ1) is 14.0. The lowest BCUT2D eigenvalue weighted by Crippen LogP contribution is -1.98. The molecule has 0 amide bonds. The van der Waals surface area contributed by atoms with Gasteiger partial charge in [0.1, 0.15) is 0 Å². The average molecular weight is 366 g/mol. The number of halogens is 1. The third-order valence-electron chi connectivity index (χ3n) is 2.98. The molecule has 0 aliphatic carbocycles. The molecule has 98 valence electrons. The largest absolute Gasteiger partial charge is 0.289 e. The Balaban J connectivity index is 2.16. The summed E-state index contributed by atoms with van der Waals surface area (Å²) >= 11 is 2.22. The molecule has 0 unspecified atom stereocenters. The van der Waals surface area contributed by atoms with Gasteiger partial charge in [0.25, 0.3) is 0 Å². The van der Waals surface area contributed by atoms with Gasteiger partial charge in [-0.25, -0.2) is 0 Å². The molecule has 0 fully saturated rings. The Morgan fingerprint density at radius 1 is 1.37 bits per heavy atom. The van der Waals surface area contributed by atoms with Crippen LogP contribution < -0.4 is 0 Å². The number of hydrogen-bond acceptors (Lipinski definition) is 2. The minimum absolute atomic E-state index is 0.0139. The van der Waals surface area contributed by atoms with Gasteiger partial charge in [-0.05, 0) is 60.7 Å². The Morgan fingerprint density at radius 2 is 2.05 bits per heavy atom. The van der Waals surface area contributed by atoms with E-state index in [1.807, 2.05) is 48.9 Å². The quantitative estimate of drug-likeness (QED) is 0.470. The van der Waals surface area contributed by atoms with Gasteiger partial charge in [-0.3, -0.25) is 9.48 Å². The van der Waals surface area contributed by atoms with Crippen molar-refractivity contribution in [3.8, 4) is 0 Å². The Hall–Kier alpha value is -1.43. The van der Waals surface area contributed by atoms with Gasteiger partial charge < -0.3 is 0 Å². The Kier molecular flexibility index (Phi) is 4.52. The molecular weight excluding hydrogens is 351 g/mol. The minimum atomic E-state index is 0.0139. The van der Waals surface area contributed by atoms with Gasteiger partial charge in [-0.15, -0.1) is 0 Å². The maximum absolute atomic E-state index is 12.0. The highest BCUT2D eigenvalue weighted by molar-refractivity contribution is 14.1. The number of aryl methyl sites for hydroxylation is 1. The molecule has 0 saturated carbocycles. The second-order valence-corrected chi connectivity index (χ2v) is 5.45. The van der Waals surface area contributed by atoms with Gasteiger partial charge in [-0.2, -0.15) is 5.10 Å². The number of carbonyl (C=O) groups excluding carboxylic acids is 1. The molecular formula is C15H15IN2O. The maximum Gasteiger partial charge on any atom is 0.185 e. The van der Waals surface area contributed by atoms with Crippen molar-refractivity contribution in [1.29, 1.82) is 0 Å².